The standard InChI is InChI=1S/C13H20ClN3OS/c1-3-11(13-15-10(7-14)9-19-13)17-6-4-5-16(2)12(18)8-17/h9,11H,3-8H2,1-2H3. The van der Waals surface area contributed by atoms with E-state index in [-0.39, 0.29) is 11.9 Å². The minimum atomic E-state index is 0.199. The number of aromatic nitrogens is 1. The van der Waals surface area contributed by atoms with Crippen LogP contribution >= 0.6 is 22.9 Å². The predicted molar refractivity (Wildman–Crippen MR) is 78.5 cm³/mol. The number of hydrogen-bond donors (Lipinski definition) is 0. The summed E-state index contributed by atoms with van der Waals surface area (Å²) in [5, 5.41) is 3.09. The fourth-order valence-corrected chi connectivity index (χ4v) is 3.67. The number of amides is 1. The lowest BCUT2D eigenvalue weighted by Gasteiger charge is -2.27. The minimum Gasteiger partial charge on any atom is -0.345 e. The Morgan fingerprint density at radius 3 is 2.95 bits per heavy atom. The zero-order chi connectivity index (χ0) is 13.8. The van der Waals surface area contributed by atoms with Crippen molar-refractivity contribution in [2.24, 2.45) is 0 Å². The van der Waals surface area contributed by atoms with E-state index in [0.29, 0.717) is 12.4 Å². The third-order valence-corrected chi connectivity index (χ3v) is 4.79. The van der Waals surface area contributed by atoms with Gasteiger partial charge in [0.15, 0.2) is 0 Å². The van der Waals surface area contributed by atoms with Crippen LogP contribution < -0.4 is 0 Å². The van der Waals surface area contributed by atoms with Crippen molar-refractivity contribution < 1.29 is 4.79 Å². The molecule has 1 saturated heterocycles. The quantitative estimate of drug-likeness (QED) is 0.802. The lowest BCUT2D eigenvalue weighted by molar-refractivity contribution is -0.130. The summed E-state index contributed by atoms with van der Waals surface area (Å²) in [5.41, 5.74) is 0.929. The first kappa shape index (κ1) is 14.8. The molecule has 0 aromatic carbocycles. The molecule has 2 heterocycles. The molecule has 0 radical (unpaired) electrons. The molecule has 1 aliphatic rings. The molecule has 1 aromatic rings. The smallest absolute Gasteiger partial charge is 0.236 e. The van der Waals surface area contributed by atoms with E-state index in [0.717, 1.165) is 36.6 Å². The van der Waals surface area contributed by atoms with Gasteiger partial charge in [-0.15, -0.1) is 22.9 Å². The maximum absolute atomic E-state index is 12.0. The molecule has 2 rings (SSSR count). The average Bonchev–Trinajstić information content (AvgIpc) is 2.81. The summed E-state index contributed by atoms with van der Waals surface area (Å²) in [6.07, 6.45) is 1.98. The van der Waals surface area contributed by atoms with Gasteiger partial charge in [-0.05, 0) is 12.8 Å². The van der Waals surface area contributed by atoms with Crippen molar-refractivity contribution in [1.29, 1.82) is 0 Å². The minimum absolute atomic E-state index is 0.199. The van der Waals surface area contributed by atoms with E-state index in [1.54, 1.807) is 11.3 Å². The van der Waals surface area contributed by atoms with Gasteiger partial charge in [0.2, 0.25) is 5.91 Å². The van der Waals surface area contributed by atoms with Crippen molar-refractivity contribution in [3.63, 3.8) is 0 Å². The van der Waals surface area contributed by atoms with Crippen LogP contribution in [0.5, 0.6) is 0 Å². The lowest BCUT2D eigenvalue weighted by atomic mass is 10.2. The van der Waals surface area contributed by atoms with Crippen LogP contribution in [0.2, 0.25) is 0 Å². The van der Waals surface area contributed by atoms with Crippen LogP contribution in [0.25, 0.3) is 0 Å². The van der Waals surface area contributed by atoms with Gasteiger partial charge < -0.3 is 4.90 Å². The first-order valence-electron chi connectivity index (χ1n) is 6.64. The molecule has 1 fully saturated rings. The second-order valence-electron chi connectivity index (χ2n) is 4.87. The molecule has 1 aromatic heterocycles. The number of rotatable bonds is 4. The Labute approximate surface area is 123 Å². The Hall–Kier alpha value is -0.650. The van der Waals surface area contributed by atoms with E-state index in [1.165, 1.54) is 0 Å². The van der Waals surface area contributed by atoms with Gasteiger partial charge in [0.05, 0.1) is 24.2 Å². The third kappa shape index (κ3) is 3.46. The van der Waals surface area contributed by atoms with Gasteiger partial charge in [0.1, 0.15) is 5.01 Å². The molecule has 0 N–H and O–H groups in total. The van der Waals surface area contributed by atoms with Crippen LogP contribution in [0.15, 0.2) is 5.38 Å². The highest BCUT2D eigenvalue weighted by Crippen LogP contribution is 2.28. The van der Waals surface area contributed by atoms with Crippen molar-refractivity contribution in [2.75, 3.05) is 26.7 Å². The highest BCUT2D eigenvalue weighted by atomic mass is 35.5. The van der Waals surface area contributed by atoms with Crippen LogP contribution in [0.4, 0.5) is 0 Å². The van der Waals surface area contributed by atoms with Crippen LogP contribution in [-0.4, -0.2) is 47.4 Å². The number of likely N-dealkylation sites (N-methyl/N-ethyl adjacent to an activating group) is 1. The number of hydrogen-bond acceptors (Lipinski definition) is 4. The van der Waals surface area contributed by atoms with Crippen molar-refractivity contribution in [1.82, 2.24) is 14.8 Å². The van der Waals surface area contributed by atoms with E-state index in [2.05, 4.69) is 16.8 Å². The molecule has 6 heteroatoms. The summed E-state index contributed by atoms with van der Waals surface area (Å²) in [6.45, 7) is 4.43. The molecule has 0 spiro atoms. The Kier molecular flexibility index (Phi) is 5.19. The van der Waals surface area contributed by atoms with Gasteiger partial charge in [-0.25, -0.2) is 4.98 Å². The van der Waals surface area contributed by atoms with Gasteiger partial charge in [0.25, 0.3) is 0 Å². The molecule has 1 amide bonds. The van der Waals surface area contributed by atoms with Crippen LogP contribution in [0.3, 0.4) is 0 Å². The first-order valence-corrected chi connectivity index (χ1v) is 8.05. The monoisotopic (exact) mass is 301 g/mol. The molecule has 1 unspecified atom stereocenters. The fraction of sp³-hybridized carbons (Fsp3) is 0.692. The topological polar surface area (TPSA) is 36.4 Å². The van der Waals surface area contributed by atoms with Crippen LogP contribution in [0, 0.1) is 0 Å². The predicted octanol–water partition coefficient (Wildman–Crippen LogP) is 2.50. The molecular formula is C13H20ClN3OS. The molecule has 4 nitrogen and oxygen atoms in total. The van der Waals surface area contributed by atoms with Crippen LogP contribution in [0.1, 0.15) is 36.5 Å². The van der Waals surface area contributed by atoms with Crippen LogP contribution in [-0.2, 0) is 10.7 Å². The zero-order valence-corrected chi connectivity index (χ0v) is 13.0. The maximum atomic E-state index is 12.0. The average molecular weight is 302 g/mol. The highest BCUT2D eigenvalue weighted by Gasteiger charge is 2.27. The van der Waals surface area contributed by atoms with E-state index in [9.17, 15) is 4.79 Å². The molecule has 1 atom stereocenters. The highest BCUT2D eigenvalue weighted by molar-refractivity contribution is 7.09. The van der Waals surface area contributed by atoms with E-state index < -0.39 is 0 Å². The zero-order valence-electron chi connectivity index (χ0n) is 11.4. The van der Waals surface area contributed by atoms with E-state index >= 15 is 0 Å². The number of carbonyl (C=O) groups is 1. The Bertz CT molecular complexity index is 437. The Balaban J connectivity index is 2.14. The first-order chi connectivity index (χ1) is 9.15. The summed E-state index contributed by atoms with van der Waals surface area (Å²) in [6, 6.07) is 0.234. The molecule has 0 bridgehead atoms. The largest absolute Gasteiger partial charge is 0.345 e. The molecular weight excluding hydrogens is 282 g/mol. The SMILES string of the molecule is CCC(c1nc(CCl)cs1)N1CCCN(C)C(=O)C1. The summed E-state index contributed by atoms with van der Waals surface area (Å²) in [7, 11) is 1.88. The second-order valence-corrected chi connectivity index (χ2v) is 6.03. The Morgan fingerprint density at radius 1 is 1.53 bits per heavy atom. The fourth-order valence-electron chi connectivity index (χ4n) is 2.40. The molecule has 0 saturated carbocycles. The lowest BCUT2D eigenvalue weighted by Crippen LogP contribution is -2.36. The molecule has 106 valence electrons. The second kappa shape index (κ2) is 6.68. The number of carbonyl (C=O) groups excluding carboxylic acids is 1. The number of halogens is 1. The number of thiazole rings is 1. The molecule has 0 aliphatic carbocycles. The summed E-state index contributed by atoms with van der Waals surface area (Å²) < 4.78 is 0. The van der Waals surface area contributed by atoms with E-state index in [4.69, 9.17) is 11.6 Å². The third-order valence-electron chi connectivity index (χ3n) is 3.52. The molecule has 1 aliphatic heterocycles. The van der Waals surface area contributed by atoms with Gasteiger partial charge in [-0.1, -0.05) is 6.92 Å². The van der Waals surface area contributed by atoms with Crippen molar-refractivity contribution >= 4 is 28.8 Å². The summed E-state index contributed by atoms with van der Waals surface area (Å²) in [5.74, 6) is 0.652. The van der Waals surface area contributed by atoms with Crippen molar-refractivity contribution in [3.8, 4) is 0 Å². The van der Waals surface area contributed by atoms with Gasteiger partial charge >= 0.3 is 0 Å². The van der Waals surface area contributed by atoms with Crippen molar-refractivity contribution in [3.05, 3.63) is 16.1 Å². The van der Waals surface area contributed by atoms with E-state index in [1.807, 2.05) is 17.3 Å². The normalized spacial score (nSPS) is 19.5. The number of nitrogens with zero attached hydrogens (tertiary/aromatic N) is 3. The summed E-state index contributed by atoms with van der Waals surface area (Å²) >= 11 is 7.46. The van der Waals surface area contributed by atoms with Gasteiger partial charge in [-0.3, -0.25) is 9.69 Å². The van der Waals surface area contributed by atoms with Gasteiger partial charge in [-0.2, -0.15) is 0 Å². The number of alkyl halides is 1. The van der Waals surface area contributed by atoms with Crippen molar-refractivity contribution in [2.45, 2.75) is 31.7 Å². The Morgan fingerprint density at radius 2 is 2.32 bits per heavy atom. The van der Waals surface area contributed by atoms with Gasteiger partial charge in [0, 0.05) is 25.5 Å². The summed E-state index contributed by atoms with van der Waals surface area (Å²) in [4.78, 5) is 20.6. The molecule has 19 heavy (non-hydrogen) atoms. The maximum Gasteiger partial charge on any atom is 0.236 e.